The summed E-state index contributed by atoms with van der Waals surface area (Å²) >= 11 is 6.19. The number of nitrogens with one attached hydrogen (secondary N) is 1. The first-order valence-corrected chi connectivity index (χ1v) is 10.4. The summed E-state index contributed by atoms with van der Waals surface area (Å²) in [6, 6.07) is 12.7. The second-order valence-electron chi connectivity index (χ2n) is 7.33. The number of likely N-dealkylation sites (N-methyl/N-ethyl adjacent to an activating group) is 1. The maximum atomic E-state index is 12.7. The Kier molecular flexibility index (Phi) is 6.01. The van der Waals surface area contributed by atoms with Crippen molar-refractivity contribution in [3.63, 3.8) is 0 Å². The Bertz CT molecular complexity index is 1120. The summed E-state index contributed by atoms with van der Waals surface area (Å²) in [4.78, 5) is 30.0. The summed E-state index contributed by atoms with van der Waals surface area (Å²) in [5, 5.41) is 8.89. The van der Waals surface area contributed by atoms with Gasteiger partial charge in [-0.3, -0.25) is 9.59 Å². The standard InChI is InChI=1S/C22H24ClN5O2/c1-2-26-9-11-27(12-10-26)20-8-7-17(23)13-19(20)25-21(29)15-28-22(30)18-6-4-3-5-16(18)14-24-28/h3-8,13-14H,2,9-12,15H2,1H3,(H,25,29). The van der Waals surface area contributed by atoms with Gasteiger partial charge in [0.1, 0.15) is 6.54 Å². The van der Waals surface area contributed by atoms with Crippen LogP contribution in [-0.2, 0) is 11.3 Å². The number of halogens is 1. The van der Waals surface area contributed by atoms with E-state index >= 15 is 0 Å². The third kappa shape index (κ3) is 4.32. The molecule has 0 aliphatic carbocycles. The van der Waals surface area contributed by atoms with Gasteiger partial charge in [0, 0.05) is 36.6 Å². The molecule has 2 heterocycles. The topological polar surface area (TPSA) is 70.5 Å². The number of amides is 1. The second-order valence-corrected chi connectivity index (χ2v) is 7.76. The van der Waals surface area contributed by atoms with Gasteiger partial charge in [-0.15, -0.1) is 0 Å². The molecule has 156 valence electrons. The molecule has 0 spiro atoms. The summed E-state index contributed by atoms with van der Waals surface area (Å²) in [6.45, 7) is 6.73. The molecule has 1 fully saturated rings. The van der Waals surface area contributed by atoms with E-state index in [-0.39, 0.29) is 18.0 Å². The molecule has 1 saturated heterocycles. The first-order chi connectivity index (χ1) is 14.5. The van der Waals surface area contributed by atoms with Gasteiger partial charge in [-0.2, -0.15) is 5.10 Å². The average molecular weight is 426 g/mol. The van der Waals surface area contributed by atoms with Gasteiger partial charge in [0.05, 0.1) is 23.0 Å². The van der Waals surface area contributed by atoms with E-state index in [0.717, 1.165) is 43.8 Å². The van der Waals surface area contributed by atoms with Crippen molar-refractivity contribution in [3.8, 4) is 0 Å². The van der Waals surface area contributed by atoms with Gasteiger partial charge in [0.15, 0.2) is 0 Å². The Balaban J connectivity index is 1.53. The van der Waals surface area contributed by atoms with Crippen LogP contribution < -0.4 is 15.8 Å². The second kappa shape index (κ2) is 8.85. The van der Waals surface area contributed by atoms with Crippen molar-refractivity contribution in [1.29, 1.82) is 0 Å². The summed E-state index contributed by atoms with van der Waals surface area (Å²) < 4.78 is 1.18. The van der Waals surface area contributed by atoms with E-state index in [1.807, 2.05) is 24.3 Å². The molecular formula is C22H24ClN5O2. The first kappa shape index (κ1) is 20.4. The molecule has 1 aliphatic heterocycles. The van der Waals surface area contributed by atoms with Crippen LogP contribution >= 0.6 is 11.6 Å². The molecule has 7 nitrogen and oxygen atoms in total. The van der Waals surface area contributed by atoms with Gasteiger partial charge >= 0.3 is 0 Å². The van der Waals surface area contributed by atoms with Crippen LogP contribution in [0.2, 0.25) is 5.02 Å². The predicted octanol–water partition coefficient (Wildman–Crippen LogP) is 2.83. The number of fused-ring (bicyclic) bond motifs is 1. The fraction of sp³-hybridized carbons (Fsp3) is 0.318. The Morgan fingerprint density at radius 2 is 1.90 bits per heavy atom. The van der Waals surface area contributed by atoms with Crippen LogP contribution in [0.25, 0.3) is 10.8 Å². The van der Waals surface area contributed by atoms with Crippen LogP contribution in [0.4, 0.5) is 11.4 Å². The molecule has 1 aliphatic rings. The third-order valence-corrected chi connectivity index (χ3v) is 5.68. The zero-order valence-electron chi connectivity index (χ0n) is 16.8. The van der Waals surface area contributed by atoms with E-state index in [1.165, 1.54) is 4.68 Å². The van der Waals surface area contributed by atoms with Crippen molar-refractivity contribution in [2.75, 3.05) is 42.9 Å². The minimum absolute atomic E-state index is 0.167. The summed E-state index contributed by atoms with van der Waals surface area (Å²) in [5.74, 6) is -0.324. The average Bonchev–Trinajstić information content (AvgIpc) is 2.76. The van der Waals surface area contributed by atoms with Crippen molar-refractivity contribution >= 4 is 39.7 Å². The van der Waals surface area contributed by atoms with E-state index in [1.54, 1.807) is 24.4 Å². The quantitative estimate of drug-likeness (QED) is 0.680. The number of carbonyl (C=O) groups excluding carboxylic acids is 1. The molecule has 0 unspecified atom stereocenters. The lowest BCUT2D eigenvalue weighted by molar-refractivity contribution is -0.117. The molecule has 0 bridgehead atoms. The molecule has 0 atom stereocenters. The lowest BCUT2D eigenvalue weighted by atomic mass is 10.2. The highest BCUT2D eigenvalue weighted by atomic mass is 35.5. The predicted molar refractivity (Wildman–Crippen MR) is 120 cm³/mol. The van der Waals surface area contributed by atoms with E-state index in [4.69, 9.17) is 11.6 Å². The fourth-order valence-corrected chi connectivity index (χ4v) is 3.93. The Morgan fingerprint density at radius 1 is 1.13 bits per heavy atom. The zero-order valence-corrected chi connectivity index (χ0v) is 17.6. The number of anilines is 2. The van der Waals surface area contributed by atoms with E-state index in [2.05, 4.69) is 27.1 Å². The highest BCUT2D eigenvalue weighted by Gasteiger charge is 2.19. The lowest BCUT2D eigenvalue weighted by Crippen LogP contribution is -2.46. The number of hydrogen-bond acceptors (Lipinski definition) is 5. The number of rotatable bonds is 5. The van der Waals surface area contributed by atoms with E-state index < -0.39 is 0 Å². The van der Waals surface area contributed by atoms with Crippen LogP contribution in [-0.4, -0.2) is 53.3 Å². The maximum Gasteiger partial charge on any atom is 0.275 e. The Labute approximate surface area is 179 Å². The van der Waals surface area contributed by atoms with Crippen molar-refractivity contribution in [2.24, 2.45) is 0 Å². The number of benzene rings is 2. The number of piperazine rings is 1. The summed E-state index contributed by atoms with van der Waals surface area (Å²) in [5.41, 5.74) is 1.29. The molecule has 1 amide bonds. The highest BCUT2D eigenvalue weighted by Crippen LogP contribution is 2.30. The van der Waals surface area contributed by atoms with E-state index in [0.29, 0.717) is 16.1 Å². The lowest BCUT2D eigenvalue weighted by Gasteiger charge is -2.36. The number of aromatic nitrogens is 2. The molecule has 8 heteroatoms. The minimum Gasteiger partial charge on any atom is -0.367 e. The minimum atomic E-state index is -0.324. The van der Waals surface area contributed by atoms with Crippen molar-refractivity contribution in [2.45, 2.75) is 13.5 Å². The molecule has 1 aromatic heterocycles. The van der Waals surface area contributed by atoms with Gasteiger partial charge in [-0.25, -0.2) is 4.68 Å². The molecule has 0 saturated carbocycles. The van der Waals surface area contributed by atoms with Crippen LogP contribution in [0.3, 0.4) is 0 Å². The van der Waals surface area contributed by atoms with Crippen LogP contribution in [0.1, 0.15) is 6.92 Å². The Hall–Kier alpha value is -2.90. The van der Waals surface area contributed by atoms with Gasteiger partial charge in [0.2, 0.25) is 5.91 Å². The van der Waals surface area contributed by atoms with Gasteiger partial charge in [0.25, 0.3) is 5.56 Å². The van der Waals surface area contributed by atoms with Crippen molar-refractivity contribution in [3.05, 3.63) is 64.0 Å². The van der Waals surface area contributed by atoms with Gasteiger partial charge in [-0.1, -0.05) is 36.7 Å². The van der Waals surface area contributed by atoms with Gasteiger partial charge in [-0.05, 0) is 30.8 Å². The molecule has 2 aromatic carbocycles. The molecule has 0 radical (unpaired) electrons. The SMILES string of the molecule is CCN1CCN(c2ccc(Cl)cc2NC(=O)Cn2ncc3ccccc3c2=O)CC1. The monoisotopic (exact) mass is 425 g/mol. The zero-order chi connectivity index (χ0) is 21.1. The van der Waals surface area contributed by atoms with Crippen LogP contribution in [0, 0.1) is 0 Å². The molecule has 1 N–H and O–H groups in total. The van der Waals surface area contributed by atoms with E-state index in [9.17, 15) is 9.59 Å². The molecular weight excluding hydrogens is 402 g/mol. The molecule has 4 rings (SSSR count). The molecule has 30 heavy (non-hydrogen) atoms. The summed E-state index contributed by atoms with van der Waals surface area (Å²) in [6.07, 6.45) is 1.60. The van der Waals surface area contributed by atoms with Crippen LogP contribution in [0.15, 0.2) is 53.5 Å². The van der Waals surface area contributed by atoms with Crippen LogP contribution in [0.5, 0.6) is 0 Å². The number of carbonyl (C=O) groups is 1. The molecule has 3 aromatic rings. The van der Waals surface area contributed by atoms with Gasteiger partial charge < -0.3 is 15.1 Å². The van der Waals surface area contributed by atoms with Crippen molar-refractivity contribution in [1.82, 2.24) is 14.7 Å². The fourth-order valence-electron chi connectivity index (χ4n) is 3.76. The maximum absolute atomic E-state index is 12.7. The van der Waals surface area contributed by atoms with Crippen molar-refractivity contribution < 1.29 is 4.79 Å². The smallest absolute Gasteiger partial charge is 0.275 e. The summed E-state index contributed by atoms with van der Waals surface area (Å²) in [7, 11) is 0. The number of hydrogen-bond donors (Lipinski definition) is 1. The largest absolute Gasteiger partial charge is 0.367 e. The number of nitrogens with zero attached hydrogens (tertiary/aromatic N) is 4. The third-order valence-electron chi connectivity index (χ3n) is 5.45. The highest BCUT2D eigenvalue weighted by molar-refractivity contribution is 6.31. The normalized spacial score (nSPS) is 14.8. The Morgan fingerprint density at radius 3 is 2.67 bits per heavy atom. The first-order valence-electron chi connectivity index (χ1n) is 10.1.